The second-order valence-corrected chi connectivity index (χ2v) is 37.0. The average molecular weight is 2300 g/mol. The zero-order valence-electron chi connectivity index (χ0n) is 72.0. The predicted octanol–water partition coefficient (Wildman–Crippen LogP) is -11.6. The quantitative estimate of drug-likeness (QED) is 0.00846. The maximum atomic E-state index is 14.4. The summed E-state index contributed by atoms with van der Waals surface area (Å²) >= 11 is 0. The number of amides is 4. The van der Waals surface area contributed by atoms with Gasteiger partial charge in [0, 0.05) is 392 Å². The summed E-state index contributed by atoms with van der Waals surface area (Å²) in [5.74, 6) is -18.6. The maximum Gasteiger partial charge on any atom is 0.446 e. The van der Waals surface area contributed by atoms with Crippen molar-refractivity contribution < 1.29 is 245 Å². The number of rotatable bonds is 45. The molecule has 2 aliphatic heterocycles. The van der Waals surface area contributed by atoms with Gasteiger partial charge >= 0.3 is 125 Å². The number of ether oxygens (including phenoxy) is 2. The Morgan fingerprint density at radius 2 is 0.581 bits per heavy atom. The molecule has 4 aromatic carbocycles. The Morgan fingerprint density at radius 3 is 0.809 bits per heavy atom. The van der Waals surface area contributed by atoms with Crippen LogP contribution >= 0.6 is 0 Å². The number of benzene rings is 4. The molecular formula is C52H62N4Na12O56S12. The number of aliphatic hydroxyl groups is 2. The van der Waals surface area contributed by atoms with Gasteiger partial charge in [0.05, 0.1) is 13.2 Å². The fraction of sp³-hybridized carbons (Fsp3) is 0.385. The minimum atomic E-state index is -6.18. The van der Waals surface area contributed by atoms with Crippen molar-refractivity contribution in [2.45, 2.75) is 97.5 Å². The van der Waals surface area contributed by atoms with Crippen molar-refractivity contribution in [2.75, 3.05) is 26.3 Å². The zero-order chi connectivity index (χ0) is 94.0. The summed E-state index contributed by atoms with van der Waals surface area (Å²) in [7, 11) is -72.8. The molecule has 2 heterocycles. The van der Waals surface area contributed by atoms with E-state index in [9.17, 15) is 176 Å². The van der Waals surface area contributed by atoms with Gasteiger partial charge in [0.2, 0.25) is 11.5 Å². The first kappa shape index (κ1) is 153. The molecule has 0 spiro atoms. The van der Waals surface area contributed by atoms with Crippen molar-refractivity contribution in [1.29, 1.82) is 0 Å². The molecule has 2 aliphatic rings. The van der Waals surface area contributed by atoms with Gasteiger partial charge < -0.3 is 49.3 Å². The van der Waals surface area contributed by atoms with Gasteiger partial charge in [-0.05, 0) is 58.7 Å². The normalized spacial score (nSPS) is 21.0. The van der Waals surface area contributed by atoms with Crippen molar-refractivity contribution in [3.8, 4) is 11.1 Å². The van der Waals surface area contributed by atoms with Crippen molar-refractivity contribution in [1.82, 2.24) is 21.3 Å². The number of carbonyl (C=O) groups is 4. The molecule has 2 saturated heterocycles. The maximum absolute atomic E-state index is 14.4. The van der Waals surface area contributed by atoms with Crippen LogP contribution in [0.2, 0.25) is 0 Å². The van der Waals surface area contributed by atoms with E-state index in [1.165, 1.54) is 60.7 Å². The number of nitrogens with one attached hydrogen (secondary N) is 4. The third-order valence-electron chi connectivity index (χ3n) is 15.3. The fourth-order valence-electron chi connectivity index (χ4n) is 11.0. The van der Waals surface area contributed by atoms with Gasteiger partial charge in [0.25, 0.3) is 23.6 Å². The SMILES string of the molecule is O=C(NC[C@H]1O[C@@](O)(Cc2ccccc2)[C@H](NC(=O)c2ccc(-c3ccc(C(=O)N[C@@H]4[C@@H](OS(=O)(=O)O)[C@H](OS(=O)(=O)O)[C@@H](CNC(=O)/C(=C/[C@H](OS(=O)(=O)O)[C@@H](COS(=O)(=O)O)OS(=O)(=O)O)OS(=O)(=O)O)O[C@@]4(O)Cc4ccccc4)cc3)cc2)[C@@H](OS(=O)(=O)O)[C@@H]1OS(=O)(=O)O)/C(=C/[C@H](OS(=O)(=O)O)[C@@H](COS(=O)(=O)O)OS(=O)(=O)O)OS(=O)(=O)O.[Na].[Na].[Na].[Na].[Na].[Na].[Na].[Na].[Na].[Na].[Na].[Na]. The van der Waals surface area contributed by atoms with E-state index in [1.54, 1.807) is 10.6 Å². The standard InChI is InChI=1S/C52H62N4O56S12.12Na/c57-47(55-45-43(111-123(93,94)95)41(109-121(87,88)89)37(101-51(45,61)21-27-7-3-1-4-8-27)23-53-49(59)35(105-117(75,76)77)19-33(103-115(69,70)71)39(107-119(81,82)83)25-99-113(63,64)65)31-15-11-29(12-16-31)30-13-17-32(18-14-30)48(58)56-46-44(112-124(96,97)98)42(110-122(90,91)92)38(102-52(46,62)22-28-9-5-2-6-10-28)24-54-50(60)36(106-118(78,79)80)20-34(104-116(72,73)74)40(108-120(84,85)86)26-100-114(66,67)68;;;;;;;;;;;;/h1-20,33-34,37-46,61-62H,21-26H2,(H,53,59)(H,54,60)(H,55,57)(H,56,58)(H,63,64,65)(H,66,67,68)(H,69,70,71)(H,72,73,74)(H,75,76,77)(H,78,79,80)(H,81,82,83)(H,84,85,86)(H,87,88,89)(H,90,91,92)(H,93,94,95)(H,96,97,98);;;;;;;;;;;;/b35-19-,36-20-;;;;;;;;;;;;/t33-,34-,37+,38+,39+,40+,41+,42+,43-,44-,45+,46+,51-,52-;;;;;;;;;;;;/m0............/s1. The van der Waals surface area contributed by atoms with Crippen molar-refractivity contribution in [3.05, 3.63) is 155 Å². The van der Waals surface area contributed by atoms with Gasteiger partial charge in [-0.1, -0.05) is 84.9 Å². The predicted molar refractivity (Wildman–Crippen MR) is 457 cm³/mol. The topological polar surface area (TPSA) is 939 Å². The van der Waals surface area contributed by atoms with Gasteiger partial charge in [-0.25, -0.2) is 41.8 Å². The smallest absolute Gasteiger partial charge is 0.363 e. The number of hydrogen-bond donors (Lipinski definition) is 18. The zero-order valence-corrected chi connectivity index (χ0v) is 106. The molecule has 60 nitrogen and oxygen atoms in total. The molecule has 18 N–H and O–H groups in total. The molecule has 0 aliphatic carbocycles. The summed E-state index contributed by atoms with van der Waals surface area (Å²) in [4.78, 5) is 56.5. The molecule has 4 amide bonds. The van der Waals surface area contributed by atoms with Crippen LogP contribution in [-0.4, -0.2) is 655 Å². The van der Waals surface area contributed by atoms with E-state index >= 15 is 0 Å². The Hall–Kier alpha value is 4.20. The van der Waals surface area contributed by atoms with E-state index in [-0.39, 0.29) is 377 Å². The first-order valence-corrected chi connectivity index (χ1v) is 48.1. The Kier molecular flexibility index (Phi) is 71.8. The van der Waals surface area contributed by atoms with Crippen LogP contribution in [0, 0.1) is 0 Å². The average Bonchev–Trinajstić information content (AvgIpc) is 0.749. The van der Waals surface area contributed by atoms with Crippen molar-refractivity contribution >= 4 is 503 Å². The molecule has 14 atom stereocenters. The molecule has 136 heavy (non-hydrogen) atoms. The Labute approximate surface area is 1040 Å². The van der Waals surface area contributed by atoms with Gasteiger partial charge in [0.1, 0.15) is 73.1 Å². The van der Waals surface area contributed by atoms with Crippen LogP contribution in [0.15, 0.2) is 133 Å². The number of carbonyl (C=O) groups excluding carboxylic acids is 4. The molecule has 84 heteroatoms. The van der Waals surface area contributed by atoms with Crippen LogP contribution in [0.5, 0.6) is 0 Å². The van der Waals surface area contributed by atoms with Crippen LogP contribution in [0.1, 0.15) is 31.8 Å². The van der Waals surface area contributed by atoms with Crippen LogP contribution in [0.3, 0.4) is 0 Å². The summed E-state index contributed by atoms with van der Waals surface area (Å²) in [5, 5.41) is 32.5. The Bertz CT molecular complexity index is 5780. The molecule has 710 valence electrons. The molecule has 6 rings (SSSR count). The first-order chi connectivity index (χ1) is 56.2. The largest absolute Gasteiger partial charge is 0.446 e. The summed E-state index contributed by atoms with van der Waals surface area (Å²) in [5.41, 5.74) is -1.28. The third kappa shape index (κ3) is 57.8. The third-order valence-corrected chi connectivity index (χ3v) is 20.7. The van der Waals surface area contributed by atoms with Gasteiger partial charge in [-0.15, -0.1) is 0 Å². The van der Waals surface area contributed by atoms with Crippen LogP contribution in [0.4, 0.5) is 0 Å². The van der Waals surface area contributed by atoms with E-state index in [0.717, 1.165) is 48.5 Å². The minimum Gasteiger partial charge on any atom is -0.363 e. The van der Waals surface area contributed by atoms with E-state index in [0.29, 0.717) is 0 Å². The number of hydrogen-bond acceptors (Lipinski definition) is 44. The van der Waals surface area contributed by atoms with E-state index in [2.05, 4.69) is 52.5 Å². The summed E-state index contributed by atoms with van der Waals surface area (Å²) < 4.78 is 467. The van der Waals surface area contributed by atoms with Crippen LogP contribution in [-0.2, 0) is 207 Å². The molecule has 0 saturated carbocycles. The molecule has 0 unspecified atom stereocenters. The molecular weight excluding hydrogens is 2240 g/mol. The van der Waals surface area contributed by atoms with Gasteiger partial charge in [0.15, 0.2) is 11.6 Å². The van der Waals surface area contributed by atoms with Crippen LogP contribution in [0.25, 0.3) is 11.1 Å². The summed E-state index contributed by atoms with van der Waals surface area (Å²) in [6.07, 6.45) is -33.3. The van der Waals surface area contributed by atoms with Crippen molar-refractivity contribution in [3.63, 3.8) is 0 Å². The fourth-order valence-corrected chi connectivity index (χ4v) is 16.3. The second kappa shape index (κ2) is 63.8. The van der Waals surface area contributed by atoms with E-state index < -0.39 is 307 Å². The molecule has 2 fully saturated rings. The van der Waals surface area contributed by atoms with E-state index in [1.807, 2.05) is 0 Å². The summed E-state index contributed by atoms with van der Waals surface area (Å²) in [6.45, 7) is -7.48. The Morgan fingerprint density at radius 1 is 0.331 bits per heavy atom. The molecule has 12 radical (unpaired) electrons. The van der Waals surface area contributed by atoms with Gasteiger partial charge in [-0.3, -0.25) is 73.8 Å². The van der Waals surface area contributed by atoms with Crippen LogP contribution < -0.4 is 21.3 Å². The van der Waals surface area contributed by atoms with Crippen molar-refractivity contribution in [2.24, 2.45) is 0 Å². The minimum absolute atomic E-state index is 0. The molecule has 0 aromatic heterocycles. The molecule has 4 aromatic rings. The van der Waals surface area contributed by atoms with Gasteiger partial charge in [-0.2, -0.15) is 101 Å². The first-order valence-electron chi connectivity index (χ1n) is 31.7. The molecule has 0 bridgehead atoms. The summed E-state index contributed by atoms with van der Waals surface area (Å²) in [6, 6.07) is 15.4. The monoisotopic (exact) mass is 2300 g/mol. The Balaban J connectivity index is -0.00000277. The van der Waals surface area contributed by atoms with E-state index in [4.69, 9.17) is 26.9 Å². The second-order valence-electron chi connectivity index (χ2n) is 24.4.